The molecule has 1 aromatic heterocycles. The van der Waals surface area contributed by atoms with Crippen molar-refractivity contribution in [3.05, 3.63) is 20.3 Å². The van der Waals surface area contributed by atoms with Crippen LogP contribution in [0.15, 0.2) is 9.85 Å². The Balaban J connectivity index is 1.93. The number of halogens is 1. The molecule has 0 aliphatic heterocycles. The van der Waals surface area contributed by atoms with Crippen LogP contribution in [0.3, 0.4) is 0 Å². The van der Waals surface area contributed by atoms with E-state index in [2.05, 4.69) is 21.2 Å². The van der Waals surface area contributed by atoms with Gasteiger partial charge in [-0.1, -0.05) is 0 Å². The Morgan fingerprint density at radius 1 is 1.69 bits per heavy atom. The molecule has 0 radical (unpaired) electrons. The lowest BCUT2D eigenvalue weighted by Gasteiger charge is -2.11. The first kappa shape index (κ1) is 12.1. The van der Waals surface area contributed by atoms with Crippen molar-refractivity contribution >= 4 is 33.2 Å². The number of rotatable bonds is 4. The van der Waals surface area contributed by atoms with E-state index in [0.717, 1.165) is 27.1 Å². The second kappa shape index (κ2) is 4.47. The highest BCUT2D eigenvalue weighted by Gasteiger charge is 2.42. The Kier molecular flexibility index (Phi) is 3.37. The Labute approximate surface area is 107 Å². The smallest absolute Gasteiger partial charge is 0.261 e. The highest BCUT2D eigenvalue weighted by Crippen LogP contribution is 2.44. The molecule has 0 saturated heterocycles. The van der Waals surface area contributed by atoms with Gasteiger partial charge >= 0.3 is 0 Å². The van der Waals surface area contributed by atoms with Gasteiger partial charge in [-0.15, -0.1) is 11.3 Å². The van der Waals surface area contributed by atoms with E-state index < -0.39 is 0 Å². The fourth-order valence-corrected chi connectivity index (χ4v) is 2.95. The van der Waals surface area contributed by atoms with Gasteiger partial charge in [0.2, 0.25) is 0 Å². The van der Waals surface area contributed by atoms with Crippen molar-refractivity contribution in [3.63, 3.8) is 0 Å². The zero-order valence-electron chi connectivity index (χ0n) is 9.05. The predicted octanol–water partition coefficient (Wildman–Crippen LogP) is 2.32. The van der Waals surface area contributed by atoms with Crippen molar-refractivity contribution in [2.45, 2.75) is 19.8 Å². The lowest BCUT2D eigenvalue weighted by Crippen LogP contribution is -2.31. The fraction of sp³-hybridized carbons (Fsp3) is 0.545. The molecule has 1 aromatic rings. The summed E-state index contributed by atoms with van der Waals surface area (Å²) in [7, 11) is 0. The minimum absolute atomic E-state index is 0.0286. The molecule has 0 unspecified atom stereocenters. The van der Waals surface area contributed by atoms with Crippen LogP contribution < -0.4 is 5.32 Å². The third-order valence-electron chi connectivity index (χ3n) is 3.00. The summed E-state index contributed by atoms with van der Waals surface area (Å²) < 4.78 is 1.00. The number of thiophene rings is 1. The monoisotopic (exact) mass is 303 g/mol. The van der Waals surface area contributed by atoms with E-state index in [-0.39, 0.29) is 17.9 Å². The molecule has 0 aromatic carbocycles. The van der Waals surface area contributed by atoms with Crippen LogP contribution in [0.4, 0.5) is 0 Å². The summed E-state index contributed by atoms with van der Waals surface area (Å²) in [5, 5.41) is 12.0. The van der Waals surface area contributed by atoms with E-state index in [0.29, 0.717) is 6.54 Å². The van der Waals surface area contributed by atoms with E-state index in [9.17, 15) is 4.79 Å². The largest absolute Gasteiger partial charge is 0.396 e. The van der Waals surface area contributed by atoms with Crippen LogP contribution in [-0.2, 0) is 0 Å². The first-order valence-corrected chi connectivity index (χ1v) is 6.82. The Bertz CT molecular complexity index is 393. The number of hydrogen-bond acceptors (Lipinski definition) is 3. The van der Waals surface area contributed by atoms with Crippen molar-refractivity contribution in [2.75, 3.05) is 13.2 Å². The second-order valence-electron chi connectivity index (χ2n) is 4.41. The summed E-state index contributed by atoms with van der Waals surface area (Å²) in [5.41, 5.74) is 1.05. The molecule has 0 atom stereocenters. The lowest BCUT2D eigenvalue weighted by atomic mass is 10.1. The molecule has 0 bridgehead atoms. The summed E-state index contributed by atoms with van der Waals surface area (Å²) in [4.78, 5) is 12.5. The molecule has 1 aliphatic rings. The van der Waals surface area contributed by atoms with Crippen molar-refractivity contribution in [2.24, 2.45) is 5.41 Å². The molecule has 88 valence electrons. The molecule has 1 saturated carbocycles. The summed E-state index contributed by atoms with van der Waals surface area (Å²) >= 11 is 4.84. The van der Waals surface area contributed by atoms with Crippen LogP contribution in [0.2, 0.25) is 0 Å². The predicted molar refractivity (Wildman–Crippen MR) is 67.8 cm³/mol. The minimum atomic E-state index is -0.0430. The van der Waals surface area contributed by atoms with Crippen LogP contribution in [-0.4, -0.2) is 24.2 Å². The maximum absolute atomic E-state index is 11.8. The molecule has 0 spiro atoms. The first-order valence-electron chi connectivity index (χ1n) is 5.21. The summed E-state index contributed by atoms with van der Waals surface area (Å²) in [5.74, 6) is -0.0430. The van der Waals surface area contributed by atoms with E-state index in [1.807, 2.05) is 13.0 Å². The van der Waals surface area contributed by atoms with Gasteiger partial charge in [-0.3, -0.25) is 4.79 Å². The Hall–Kier alpha value is -0.390. The van der Waals surface area contributed by atoms with Crippen molar-refractivity contribution in [1.82, 2.24) is 5.32 Å². The van der Waals surface area contributed by atoms with Crippen molar-refractivity contribution < 1.29 is 9.90 Å². The summed E-state index contributed by atoms with van der Waals surface area (Å²) in [6.07, 6.45) is 2.02. The van der Waals surface area contributed by atoms with E-state index >= 15 is 0 Å². The quantitative estimate of drug-likeness (QED) is 0.897. The van der Waals surface area contributed by atoms with Crippen LogP contribution >= 0.6 is 27.3 Å². The second-order valence-corrected chi connectivity index (χ2v) is 6.78. The third-order valence-corrected chi connectivity index (χ3v) is 5.13. The van der Waals surface area contributed by atoms with Crippen LogP contribution in [0, 0.1) is 12.3 Å². The first-order chi connectivity index (χ1) is 7.56. The normalized spacial score (nSPS) is 17.2. The zero-order chi connectivity index (χ0) is 11.8. The molecule has 1 aliphatic carbocycles. The Morgan fingerprint density at radius 3 is 2.81 bits per heavy atom. The molecule has 2 N–H and O–H groups in total. The van der Waals surface area contributed by atoms with Gasteiger partial charge in [0.1, 0.15) is 0 Å². The molecular formula is C11H14BrNO2S. The zero-order valence-corrected chi connectivity index (χ0v) is 11.4. The van der Waals surface area contributed by atoms with Crippen LogP contribution in [0.1, 0.15) is 28.1 Å². The molecule has 3 nitrogen and oxygen atoms in total. The summed E-state index contributed by atoms with van der Waals surface area (Å²) in [6.45, 7) is 2.71. The minimum Gasteiger partial charge on any atom is -0.396 e. The van der Waals surface area contributed by atoms with E-state index in [4.69, 9.17) is 5.11 Å². The topological polar surface area (TPSA) is 49.3 Å². The number of aliphatic hydroxyl groups is 1. The number of nitrogens with one attached hydrogen (secondary N) is 1. The van der Waals surface area contributed by atoms with Gasteiger partial charge < -0.3 is 10.4 Å². The maximum atomic E-state index is 11.8. The summed E-state index contributed by atoms with van der Waals surface area (Å²) in [6, 6.07) is 1.88. The van der Waals surface area contributed by atoms with Gasteiger partial charge in [0.25, 0.3) is 5.91 Å². The van der Waals surface area contributed by atoms with Gasteiger partial charge in [0.15, 0.2) is 0 Å². The highest BCUT2D eigenvalue weighted by molar-refractivity contribution is 9.11. The lowest BCUT2D eigenvalue weighted by molar-refractivity contribution is 0.0939. The number of aliphatic hydroxyl groups excluding tert-OH is 1. The highest BCUT2D eigenvalue weighted by atomic mass is 79.9. The number of carbonyl (C=O) groups excluding carboxylic acids is 1. The molecule has 5 heteroatoms. The Morgan fingerprint density at radius 2 is 2.38 bits per heavy atom. The van der Waals surface area contributed by atoms with E-state index in [1.54, 1.807) is 0 Å². The molecule has 16 heavy (non-hydrogen) atoms. The maximum Gasteiger partial charge on any atom is 0.261 e. The van der Waals surface area contributed by atoms with Crippen molar-refractivity contribution in [1.29, 1.82) is 0 Å². The average molecular weight is 304 g/mol. The van der Waals surface area contributed by atoms with Gasteiger partial charge in [-0.25, -0.2) is 0 Å². The number of carbonyl (C=O) groups is 1. The van der Waals surface area contributed by atoms with Gasteiger partial charge in [-0.05, 0) is 47.3 Å². The molecule has 1 heterocycles. The van der Waals surface area contributed by atoms with Gasteiger partial charge in [0.05, 0.1) is 15.3 Å². The standard InChI is InChI=1S/C11H14BrNO2S/c1-7-4-8(16-9(7)12)10(15)13-5-11(6-14)2-3-11/h4,14H,2-3,5-6H2,1H3,(H,13,15). The molecule has 1 amide bonds. The SMILES string of the molecule is Cc1cc(C(=O)NCC2(CO)CC2)sc1Br. The molecule has 1 fully saturated rings. The number of amides is 1. The molecular weight excluding hydrogens is 290 g/mol. The number of aryl methyl sites for hydroxylation is 1. The fourth-order valence-electron chi connectivity index (χ4n) is 1.49. The van der Waals surface area contributed by atoms with Crippen LogP contribution in [0.25, 0.3) is 0 Å². The van der Waals surface area contributed by atoms with E-state index in [1.165, 1.54) is 11.3 Å². The molecule has 2 rings (SSSR count). The number of hydrogen-bond donors (Lipinski definition) is 2. The average Bonchev–Trinajstić information content (AvgIpc) is 2.98. The third kappa shape index (κ3) is 2.47. The van der Waals surface area contributed by atoms with Crippen LogP contribution in [0.5, 0.6) is 0 Å². The van der Waals surface area contributed by atoms with Gasteiger partial charge in [-0.2, -0.15) is 0 Å². The van der Waals surface area contributed by atoms with Crippen molar-refractivity contribution in [3.8, 4) is 0 Å². The van der Waals surface area contributed by atoms with Gasteiger partial charge in [0, 0.05) is 12.0 Å².